The molecular weight excluding hydrogens is 453 g/mol. The van der Waals surface area contributed by atoms with Crippen molar-refractivity contribution in [3.63, 3.8) is 0 Å². The number of aliphatic hydroxyl groups excluding tert-OH is 1. The van der Waals surface area contributed by atoms with Crippen LogP contribution in [0.1, 0.15) is 45.9 Å². The summed E-state index contributed by atoms with van der Waals surface area (Å²) in [6.45, 7) is 0.316. The zero-order valence-electron chi connectivity index (χ0n) is 19.2. The Balaban J connectivity index is 1.61. The van der Waals surface area contributed by atoms with Crippen molar-refractivity contribution in [2.24, 2.45) is 5.73 Å². The summed E-state index contributed by atoms with van der Waals surface area (Å²) >= 11 is 0. The van der Waals surface area contributed by atoms with E-state index in [1.807, 2.05) is 24.3 Å². The van der Waals surface area contributed by atoms with E-state index in [2.05, 4.69) is 11.2 Å². The van der Waals surface area contributed by atoms with Gasteiger partial charge in [0, 0.05) is 17.5 Å². The highest BCUT2D eigenvalue weighted by molar-refractivity contribution is 5.96. The molecule has 0 saturated carbocycles. The monoisotopic (exact) mass is 479 g/mol. The van der Waals surface area contributed by atoms with Crippen LogP contribution in [0.25, 0.3) is 11.3 Å². The third-order valence-electron chi connectivity index (χ3n) is 6.18. The lowest BCUT2D eigenvalue weighted by Gasteiger charge is -2.28. The molecule has 2 atom stereocenters. The molecule has 9 nitrogen and oxygen atoms in total. The van der Waals surface area contributed by atoms with Crippen LogP contribution in [-0.2, 0) is 11.2 Å². The molecule has 4 rings (SSSR count). The second-order valence-corrected chi connectivity index (χ2v) is 8.42. The van der Waals surface area contributed by atoms with Crippen molar-refractivity contribution in [1.82, 2.24) is 9.78 Å². The molecule has 1 aromatic heterocycles. The minimum absolute atomic E-state index is 0.0178. The topological polar surface area (TPSA) is 149 Å². The number of aliphatic hydroxyl groups is 1. The van der Waals surface area contributed by atoms with Crippen molar-refractivity contribution < 1.29 is 23.8 Å². The minimum atomic E-state index is -0.773. The van der Waals surface area contributed by atoms with Gasteiger partial charge in [-0.2, -0.15) is 10.4 Å². The highest BCUT2D eigenvalue weighted by Crippen LogP contribution is 2.33. The lowest BCUT2D eigenvalue weighted by Crippen LogP contribution is -2.31. The number of aromatic nitrogens is 2. The van der Waals surface area contributed by atoms with Crippen molar-refractivity contribution in [2.45, 2.75) is 31.4 Å². The van der Waals surface area contributed by atoms with E-state index < -0.39 is 11.7 Å². The van der Waals surface area contributed by atoms with Gasteiger partial charge in [-0.15, -0.1) is 0 Å². The van der Waals surface area contributed by atoms with Gasteiger partial charge < -0.3 is 26.0 Å². The van der Waals surface area contributed by atoms with E-state index in [1.165, 1.54) is 13.2 Å². The molecule has 0 spiro atoms. The molecule has 1 saturated heterocycles. The number of methoxy groups -OCH3 is 1. The van der Waals surface area contributed by atoms with Crippen molar-refractivity contribution >= 4 is 11.7 Å². The molecule has 0 bridgehead atoms. The number of hydrogen-bond donors (Lipinski definition) is 3. The van der Waals surface area contributed by atoms with E-state index in [4.69, 9.17) is 20.9 Å². The average Bonchev–Trinajstić information content (AvgIpc) is 3.20. The first-order chi connectivity index (χ1) is 16.9. The van der Waals surface area contributed by atoms with Gasteiger partial charge in [-0.3, -0.25) is 4.79 Å². The number of nitriles is 1. The van der Waals surface area contributed by atoms with E-state index >= 15 is 0 Å². The largest absolute Gasteiger partial charge is 0.496 e. The molecule has 3 aromatic rings. The Hall–Kier alpha value is -3.94. The summed E-state index contributed by atoms with van der Waals surface area (Å²) in [5, 5.41) is 23.6. The van der Waals surface area contributed by atoms with E-state index in [0.29, 0.717) is 36.3 Å². The number of ether oxygens (including phenoxy) is 2. The summed E-state index contributed by atoms with van der Waals surface area (Å²) in [5.41, 5.74) is 14.3. The van der Waals surface area contributed by atoms with Crippen LogP contribution in [0.5, 0.6) is 5.75 Å². The molecule has 1 amide bonds. The molecule has 182 valence electrons. The van der Waals surface area contributed by atoms with Crippen molar-refractivity contribution in [2.75, 3.05) is 26.1 Å². The van der Waals surface area contributed by atoms with Crippen LogP contribution in [-0.4, -0.2) is 47.2 Å². The molecule has 1 aliphatic heterocycles. The maximum Gasteiger partial charge on any atom is 0.252 e. The zero-order chi connectivity index (χ0) is 25.1. The van der Waals surface area contributed by atoms with Gasteiger partial charge in [0.1, 0.15) is 34.7 Å². The number of anilines is 1. The summed E-state index contributed by atoms with van der Waals surface area (Å²) in [7, 11) is 1.40. The molecule has 0 aliphatic carbocycles. The Kier molecular flexibility index (Phi) is 7.00. The normalized spacial score (nSPS) is 17.7. The predicted octanol–water partition coefficient (Wildman–Crippen LogP) is 2.55. The Morgan fingerprint density at radius 3 is 2.66 bits per heavy atom. The quantitative estimate of drug-likeness (QED) is 0.471. The standard InChI is InChI=1S/C25H26FN5O4/c1-34-23-16(9-17(26)10-20(23)25(29)33)8-14-2-4-15(5-3-14)22-21(11-27)24(28)31(30-22)18-6-7-19(12-32)35-13-18/h2-5,9-10,18-19,32H,6-8,12-13,28H2,1H3,(H2,29,33). The van der Waals surface area contributed by atoms with Crippen LogP contribution in [0, 0.1) is 17.1 Å². The Morgan fingerprint density at radius 1 is 1.34 bits per heavy atom. The van der Waals surface area contributed by atoms with E-state index in [1.54, 1.807) is 4.68 Å². The molecular formula is C25H26FN5O4. The maximum atomic E-state index is 14.1. The Morgan fingerprint density at radius 2 is 2.09 bits per heavy atom. The number of primary amides is 1. The summed E-state index contributed by atoms with van der Waals surface area (Å²) in [4.78, 5) is 11.7. The van der Waals surface area contributed by atoms with Crippen LogP contribution >= 0.6 is 0 Å². The molecule has 1 aliphatic rings. The highest BCUT2D eigenvalue weighted by atomic mass is 19.1. The van der Waals surface area contributed by atoms with Crippen LogP contribution in [0.3, 0.4) is 0 Å². The number of rotatable bonds is 7. The summed E-state index contributed by atoms with van der Waals surface area (Å²) in [5.74, 6) is -0.848. The molecule has 2 heterocycles. The van der Waals surface area contributed by atoms with E-state index in [-0.39, 0.29) is 41.4 Å². The van der Waals surface area contributed by atoms with Crippen molar-refractivity contribution in [3.8, 4) is 23.1 Å². The van der Waals surface area contributed by atoms with Gasteiger partial charge in [-0.1, -0.05) is 24.3 Å². The molecule has 35 heavy (non-hydrogen) atoms. The number of nitrogens with two attached hydrogens (primary N) is 2. The van der Waals surface area contributed by atoms with E-state index in [0.717, 1.165) is 18.1 Å². The fraction of sp³-hybridized carbons (Fsp3) is 0.320. The molecule has 10 heteroatoms. The Bertz CT molecular complexity index is 1270. The molecule has 5 N–H and O–H groups in total. The predicted molar refractivity (Wildman–Crippen MR) is 126 cm³/mol. The smallest absolute Gasteiger partial charge is 0.252 e. The van der Waals surface area contributed by atoms with Gasteiger partial charge in [0.25, 0.3) is 5.91 Å². The maximum absolute atomic E-state index is 14.1. The Labute approximate surface area is 201 Å². The zero-order valence-corrected chi connectivity index (χ0v) is 19.2. The van der Waals surface area contributed by atoms with Crippen LogP contribution < -0.4 is 16.2 Å². The van der Waals surface area contributed by atoms with E-state index in [9.17, 15) is 19.6 Å². The summed E-state index contributed by atoms with van der Waals surface area (Å²) in [6, 6.07) is 11.7. The number of amides is 1. The third-order valence-corrected chi connectivity index (χ3v) is 6.18. The van der Waals surface area contributed by atoms with Crippen LogP contribution in [0.2, 0.25) is 0 Å². The fourth-order valence-corrected chi connectivity index (χ4v) is 4.37. The second kappa shape index (κ2) is 10.1. The molecule has 0 radical (unpaired) electrons. The number of nitrogen functional groups attached to an aromatic ring is 1. The van der Waals surface area contributed by atoms with Gasteiger partial charge in [-0.05, 0) is 30.5 Å². The minimum Gasteiger partial charge on any atom is -0.496 e. The fourth-order valence-electron chi connectivity index (χ4n) is 4.37. The first-order valence-corrected chi connectivity index (χ1v) is 11.1. The second-order valence-electron chi connectivity index (χ2n) is 8.42. The molecule has 1 fully saturated rings. The van der Waals surface area contributed by atoms with Gasteiger partial charge in [0.15, 0.2) is 0 Å². The number of carbonyl (C=O) groups excluding carboxylic acids is 1. The van der Waals surface area contributed by atoms with Gasteiger partial charge in [0.05, 0.1) is 38.0 Å². The number of hydrogen-bond acceptors (Lipinski definition) is 7. The number of benzene rings is 2. The highest BCUT2D eigenvalue weighted by Gasteiger charge is 2.27. The average molecular weight is 480 g/mol. The van der Waals surface area contributed by atoms with Crippen molar-refractivity contribution in [1.29, 1.82) is 5.26 Å². The molecule has 2 aromatic carbocycles. The summed E-state index contributed by atoms with van der Waals surface area (Å²) < 4.78 is 26.7. The van der Waals surface area contributed by atoms with Gasteiger partial charge in [0.2, 0.25) is 0 Å². The van der Waals surface area contributed by atoms with Crippen LogP contribution in [0.4, 0.5) is 10.2 Å². The number of nitrogens with zero attached hydrogens (tertiary/aromatic N) is 3. The first-order valence-electron chi connectivity index (χ1n) is 11.1. The first kappa shape index (κ1) is 24.2. The number of carbonyl (C=O) groups is 1. The lowest BCUT2D eigenvalue weighted by molar-refractivity contribution is -0.0406. The lowest BCUT2D eigenvalue weighted by atomic mass is 9.98. The molecule has 2 unspecified atom stereocenters. The number of halogens is 1. The van der Waals surface area contributed by atoms with Crippen molar-refractivity contribution in [3.05, 3.63) is 64.5 Å². The van der Waals surface area contributed by atoms with Crippen LogP contribution in [0.15, 0.2) is 36.4 Å². The summed E-state index contributed by atoms with van der Waals surface area (Å²) in [6.07, 6.45) is 1.51. The SMILES string of the molecule is COc1c(Cc2ccc(-c3nn(C4CCC(CO)OC4)c(N)c3C#N)cc2)cc(F)cc1C(N)=O. The van der Waals surface area contributed by atoms with Gasteiger partial charge >= 0.3 is 0 Å². The third kappa shape index (κ3) is 4.82. The van der Waals surface area contributed by atoms with Gasteiger partial charge in [-0.25, -0.2) is 9.07 Å².